The molecule has 4 heterocycles. The molecule has 1 saturated heterocycles. The molecule has 0 saturated carbocycles. The Kier molecular flexibility index (Phi) is 5.45. The van der Waals surface area contributed by atoms with Gasteiger partial charge in [0.1, 0.15) is 6.04 Å². The van der Waals surface area contributed by atoms with E-state index in [1.165, 1.54) is 11.1 Å². The van der Waals surface area contributed by atoms with E-state index >= 15 is 0 Å². The molecule has 0 spiro atoms. The third-order valence-electron chi connectivity index (χ3n) is 5.81. The fourth-order valence-corrected chi connectivity index (χ4v) is 4.88. The summed E-state index contributed by atoms with van der Waals surface area (Å²) >= 11 is 5.88. The van der Waals surface area contributed by atoms with E-state index in [9.17, 15) is 0 Å². The summed E-state index contributed by atoms with van der Waals surface area (Å²) in [5, 5.41) is 4.26. The Balaban J connectivity index is 1.62. The first-order chi connectivity index (χ1) is 15.6. The quantitative estimate of drug-likeness (QED) is 0.437. The molecule has 1 aromatic carbocycles. The number of nitrogens with zero attached hydrogens (tertiary/aromatic N) is 4. The summed E-state index contributed by atoms with van der Waals surface area (Å²) in [7, 11) is 0. The number of benzene rings is 1. The van der Waals surface area contributed by atoms with E-state index in [2.05, 4.69) is 87.3 Å². The van der Waals surface area contributed by atoms with Crippen LogP contribution in [-0.2, 0) is 6.54 Å². The number of hydrogen-bond acceptors (Lipinski definition) is 3. The molecule has 160 valence electrons. The second kappa shape index (κ2) is 8.55. The summed E-state index contributed by atoms with van der Waals surface area (Å²) in [5.41, 5.74) is 6.67. The van der Waals surface area contributed by atoms with Gasteiger partial charge in [-0.15, -0.1) is 0 Å². The van der Waals surface area contributed by atoms with Crippen LogP contribution in [0.5, 0.6) is 0 Å². The van der Waals surface area contributed by atoms with E-state index in [0.29, 0.717) is 11.7 Å². The van der Waals surface area contributed by atoms with E-state index in [1.54, 1.807) is 0 Å². The van der Waals surface area contributed by atoms with Crippen molar-refractivity contribution in [2.75, 3.05) is 4.90 Å². The molecule has 0 unspecified atom stereocenters. The van der Waals surface area contributed by atoms with E-state index in [0.717, 1.165) is 22.8 Å². The number of aryl methyl sites for hydroxylation is 2. The molecule has 32 heavy (non-hydrogen) atoms. The summed E-state index contributed by atoms with van der Waals surface area (Å²) < 4.78 is 2.26. The zero-order chi connectivity index (χ0) is 22.1. The van der Waals surface area contributed by atoms with Crippen LogP contribution in [0.4, 0.5) is 5.69 Å². The second-order valence-corrected chi connectivity index (χ2v) is 8.61. The highest BCUT2D eigenvalue weighted by Crippen LogP contribution is 2.42. The first-order valence-electron chi connectivity index (χ1n) is 10.7. The fraction of sp³-hybridized carbons (Fsp3) is 0.192. The van der Waals surface area contributed by atoms with Crippen molar-refractivity contribution in [1.29, 1.82) is 0 Å². The van der Waals surface area contributed by atoms with Crippen LogP contribution in [-0.4, -0.2) is 19.6 Å². The van der Waals surface area contributed by atoms with Crippen molar-refractivity contribution < 1.29 is 0 Å². The third kappa shape index (κ3) is 3.89. The molecule has 1 aliphatic heterocycles. The van der Waals surface area contributed by atoms with E-state index in [4.69, 9.17) is 12.2 Å². The molecule has 6 heteroatoms. The lowest BCUT2D eigenvalue weighted by Gasteiger charge is -2.29. The summed E-state index contributed by atoms with van der Waals surface area (Å²) in [4.78, 5) is 11.4. The minimum atomic E-state index is -0.0677. The predicted octanol–water partition coefficient (Wildman–Crippen LogP) is 5.12. The third-order valence-corrected chi connectivity index (χ3v) is 6.12. The van der Waals surface area contributed by atoms with Crippen molar-refractivity contribution >= 4 is 23.0 Å². The van der Waals surface area contributed by atoms with Gasteiger partial charge in [0.05, 0.1) is 24.0 Å². The van der Waals surface area contributed by atoms with Gasteiger partial charge in [0.2, 0.25) is 0 Å². The standard InChI is InChI=1S/C26H25N5S/c1-18-14-19(2)16-21(15-18)31-25(24(29-26(31)32)22-9-4-6-12-28-22)23-10-7-13-30(23)17-20-8-3-5-11-27-20/h3-16,24-25H,17H2,1-2H3,(H,29,32)/t24-,25-/m0/s1. The van der Waals surface area contributed by atoms with Crippen LogP contribution < -0.4 is 10.2 Å². The number of hydrogen-bond donors (Lipinski definition) is 1. The van der Waals surface area contributed by atoms with Gasteiger partial charge >= 0.3 is 0 Å². The van der Waals surface area contributed by atoms with Gasteiger partial charge in [-0.05, 0) is 85.7 Å². The number of pyridine rings is 2. The summed E-state index contributed by atoms with van der Waals surface area (Å²) in [6, 6.07) is 22.8. The van der Waals surface area contributed by atoms with Crippen molar-refractivity contribution in [2.24, 2.45) is 0 Å². The molecule has 1 aliphatic rings. The van der Waals surface area contributed by atoms with Crippen LogP contribution in [0.25, 0.3) is 0 Å². The molecule has 0 bridgehead atoms. The topological polar surface area (TPSA) is 46.0 Å². The first-order valence-corrected chi connectivity index (χ1v) is 11.1. The van der Waals surface area contributed by atoms with Crippen molar-refractivity contribution in [3.63, 3.8) is 0 Å². The van der Waals surface area contributed by atoms with Gasteiger partial charge in [0.15, 0.2) is 5.11 Å². The molecule has 2 atom stereocenters. The average molecular weight is 440 g/mol. The van der Waals surface area contributed by atoms with Crippen LogP contribution >= 0.6 is 12.2 Å². The molecular formula is C26H25N5S. The fourth-order valence-electron chi connectivity index (χ4n) is 4.53. The predicted molar refractivity (Wildman–Crippen MR) is 132 cm³/mol. The summed E-state index contributed by atoms with van der Waals surface area (Å²) in [6.45, 7) is 4.94. The van der Waals surface area contributed by atoms with Crippen LogP contribution in [0, 0.1) is 13.8 Å². The zero-order valence-electron chi connectivity index (χ0n) is 18.1. The Bertz CT molecular complexity index is 1220. The lowest BCUT2D eigenvalue weighted by Crippen LogP contribution is -2.30. The Morgan fingerprint density at radius 3 is 2.34 bits per heavy atom. The van der Waals surface area contributed by atoms with E-state index in [1.807, 2.05) is 36.7 Å². The van der Waals surface area contributed by atoms with Crippen LogP contribution in [0.3, 0.4) is 0 Å². The van der Waals surface area contributed by atoms with Gasteiger partial charge in [0, 0.05) is 30.0 Å². The Hall–Kier alpha value is -3.51. The number of nitrogens with one attached hydrogen (secondary N) is 1. The number of rotatable bonds is 5. The summed E-state index contributed by atoms with van der Waals surface area (Å²) in [5.74, 6) is 0. The van der Waals surface area contributed by atoms with Crippen LogP contribution in [0.15, 0.2) is 85.3 Å². The Morgan fingerprint density at radius 2 is 1.66 bits per heavy atom. The molecule has 3 aromatic heterocycles. The van der Waals surface area contributed by atoms with Gasteiger partial charge in [-0.25, -0.2) is 0 Å². The lowest BCUT2D eigenvalue weighted by molar-refractivity contribution is 0.532. The minimum Gasteiger partial charge on any atom is -0.351 e. The SMILES string of the molecule is Cc1cc(C)cc(N2C(=S)N[C@@H](c3ccccn3)[C@@H]2c2cccn2Cc2ccccn2)c1. The van der Waals surface area contributed by atoms with E-state index < -0.39 is 0 Å². The monoisotopic (exact) mass is 439 g/mol. The van der Waals surface area contributed by atoms with Gasteiger partial charge in [-0.3, -0.25) is 9.97 Å². The Morgan fingerprint density at radius 1 is 0.906 bits per heavy atom. The van der Waals surface area contributed by atoms with Gasteiger partial charge < -0.3 is 14.8 Å². The highest BCUT2D eigenvalue weighted by molar-refractivity contribution is 7.80. The molecule has 1 N–H and O–H groups in total. The highest BCUT2D eigenvalue weighted by Gasteiger charge is 2.42. The minimum absolute atomic E-state index is 0.0442. The Labute approximate surface area is 193 Å². The normalized spacial score (nSPS) is 18.1. The lowest BCUT2D eigenvalue weighted by atomic mass is 10.00. The van der Waals surface area contributed by atoms with Crippen LogP contribution in [0.2, 0.25) is 0 Å². The number of aromatic nitrogens is 3. The maximum Gasteiger partial charge on any atom is 0.174 e. The van der Waals surface area contributed by atoms with Gasteiger partial charge in [-0.1, -0.05) is 18.2 Å². The molecule has 4 aromatic rings. The highest BCUT2D eigenvalue weighted by atomic mass is 32.1. The van der Waals surface area contributed by atoms with Crippen molar-refractivity contribution in [3.05, 3.63) is 114 Å². The van der Waals surface area contributed by atoms with Crippen molar-refractivity contribution in [2.45, 2.75) is 32.5 Å². The smallest absolute Gasteiger partial charge is 0.174 e. The maximum absolute atomic E-state index is 5.88. The second-order valence-electron chi connectivity index (χ2n) is 8.22. The van der Waals surface area contributed by atoms with Crippen LogP contribution in [0.1, 0.15) is 40.3 Å². The number of thiocarbonyl (C=S) groups is 1. The summed E-state index contributed by atoms with van der Waals surface area (Å²) in [6.07, 6.45) is 5.79. The van der Waals surface area contributed by atoms with Gasteiger partial charge in [0.25, 0.3) is 0 Å². The van der Waals surface area contributed by atoms with Gasteiger partial charge in [-0.2, -0.15) is 0 Å². The molecule has 0 amide bonds. The molecule has 5 nitrogen and oxygen atoms in total. The molecular weight excluding hydrogens is 414 g/mol. The molecule has 5 rings (SSSR count). The van der Waals surface area contributed by atoms with Crippen molar-refractivity contribution in [1.82, 2.24) is 19.9 Å². The molecule has 1 fully saturated rings. The average Bonchev–Trinajstić information content (AvgIpc) is 3.38. The molecule has 0 radical (unpaired) electrons. The van der Waals surface area contributed by atoms with E-state index in [-0.39, 0.29) is 12.1 Å². The maximum atomic E-state index is 5.88. The number of anilines is 1. The first kappa shape index (κ1) is 20.4. The van der Waals surface area contributed by atoms with Crippen molar-refractivity contribution in [3.8, 4) is 0 Å². The molecule has 0 aliphatic carbocycles. The largest absolute Gasteiger partial charge is 0.351 e. The zero-order valence-corrected chi connectivity index (χ0v) is 19.0.